The number of esters is 1. The van der Waals surface area contributed by atoms with Crippen LogP contribution in [0.3, 0.4) is 0 Å². The van der Waals surface area contributed by atoms with Gasteiger partial charge < -0.3 is 10.1 Å². The van der Waals surface area contributed by atoms with Crippen LogP contribution in [0.1, 0.15) is 29.3 Å². The molecule has 1 N–H and O–H groups in total. The zero-order valence-electron chi connectivity index (χ0n) is 16.7. The van der Waals surface area contributed by atoms with Gasteiger partial charge in [0.15, 0.2) is 0 Å². The minimum atomic E-state index is -3.99. The second kappa shape index (κ2) is 10.3. The number of sulfonamides is 1. The van der Waals surface area contributed by atoms with E-state index in [-0.39, 0.29) is 22.0 Å². The first kappa shape index (κ1) is 24.1. The zero-order valence-corrected chi connectivity index (χ0v) is 19.1. The molecule has 0 spiro atoms. The molecule has 2 aromatic carbocycles. The number of amides is 1. The number of nitrogens with zero attached hydrogens (tertiary/aromatic N) is 1. The van der Waals surface area contributed by atoms with Gasteiger partial charge in [-0.1, -0.05) is 30.1 Å². The van der Waals surface area contributed by atoms with Crippen LogP contribution in [0, 0.1) is 6.92 Å². The average Bonchev–Trinajstić information content (AvgIpc) is 2.69. The van der Waals surface area contributed by atoms with E-state index in [9.17, 15) is 18.0 Å². The summed E-state index contributed by atoms with van der Waals surface area (Å²) in [4.78, 5) is 24.2. The molecule has 0 aliphatic carbocycles. The molecule has 0 aliphatic heterocycles. The quantitative estimate of drug-likeness (QED) is 0.582. The number of nitrogens with one attached hydrogen (secondary N) is 1. The maximum absolute atomic E-state index is 13.2. The van der Waals surface area contributed by atoms with Crippen LogP contribution in [0.25, 0.3) is 0 Å². The Bertz CT molecular complexity index is 1060. The Labute approximate surface area is 186 Å². The van der Waals surface area contributed by atoms with Crippen molar-refractivity contribution in [3.05, 3.63) is 57.6 Å². The van der Waals surface area contributed by atoms with Gasteiger partial charge in [-0.15, -0.1) is 0 Å². The number of benzene rings is 2. The molecular formula is C20H22Cl2N2O5S. The molecule has 0 unspecified atom stereocenters. The van der Waals surface area contributed by atoms with Gasteiger partial charge in [0.05, 0.1) is 34.8 Å². The number of rotatable bonds is 8. The van der Waals surface area contributed by atoms with Crippen molar-refractivity contribution >= 4 is 50.8 Å². The predicted octanol–water partition coefficient (Wildman–Crippen LogP) is 4.13. The molecule has 7 nitrogen and oxygen atoms in total. The van der Waals surface area contributed by atoms with Crippen molar-refractivity contribution in [2.45, 2.75) is 25.2 Å². The van der Waals surface area contributed by atoms with Gasteiger partial charge in [0, 0.05) is 11.6 Å². The Morgan fingerprint density at radius 3 is 2.43 bits per heavy atom. The standard InChI is InChI=1S/C20H22Cl2N2O5S/c1-4-9-24(12-19(25)23-17-11-15(21)6-7-16(17)22)30(27,28)18-8-5-14(10-13(18)2)20(26)29-3/h5-8,10-11H,4,9,12H2,1-3H3,(H,23,25). The summed E-state index contributed by atoms with van der Waals surface area (Å²) in [5, 5.41) is 3.25. The van der Waals surface area contributed by atoms with Crippen molar-refractivity contribution in [2.75, 3.05) is 25.5 Å². The third-order valence-electron chi connectivity index (χ3n) is 4.21. The van der Waals surface area contributed by atoms with Crippen LogP contribution in [0.2, 0.25) is 10.0 Å². The van der Waals surface area contributed by atoms with Crippen molar-refractivity contribution in [1.29, 1.82) is 0 Å². The molecule has 0 radical (unpaired) electrons. The maximum atomic E-state index is 13.2. The van der Waals surface area contributed by atoms with E-state index in [1.54, 1.807) is 13.0 Å². The lowest BCUT2D eigenvalue weighted by Gasteiger charge is -2.22. The van der Waals surface area contributed by atoms with E-state index >= 15 is 0 Å². The first-order valence-electron chi connectivity index (χ1n) is 9.04. The number of aryl methyl sites for hydroxylation is 1. The Kier molecular flexibility index (Phi) is 8.25. The third-order valence-corrected chi connectivity index (χ3v) is 6.78. The molecule has 0 fully saturated rings. The van der Waals surface area contributed by atoms with Crippen molar-refractivity contribution in [2.24, 2.45) is 0 Å². The molecule has 2 rings (SSSR count). The van der Waals surface area contributed by atoms with Gasteiger partial charge in [0.25, 0.3) is 0 Å². The normalized spacial score (nSPS) is 11.4. The van der Waals surface area contributed by atoms with Gasteiger partial charge in [-0.3, -0.25) is 4.79 Å². The highest BCUT2D eigenvalue weighted by Crippen LogP contribution is 2.26. The molecule has 10 heteroatoms. The summed E-state index contributed by atoms with van der Waals surface area (Å²) < 4.78 is 32.1. The van der Waals surface area contributed by atoms with Gasteiger partial charge in [-0.05, 0) is 55.3 Å². The van der Waals surface area contributed by atoms with Gasteiger partial charge in [-0.25, -0.2) is 13.2 Å². The molecule has 0 saturated heterocycles. The smallest absolute Gasteiger partial charge is 0.337 e. The first-order valence-corrected chi connectivity index (χ1v) is 11.2. The van der Waals surface area contributed by atoms with Crippen molar-refractivity contribution < 1.29 is 22.7 Å². The molecule has 0 aromatic heterocycles. The lowest BCUT2D eigenvalue weighted by atomic mass is 10.1. The van der Waals surface area contributed by atoms with Crippen LogP contribution < -0.4 is 5.32 Å². The predicted molar refractivity (Wildman–Crippen MR) is 117 cm³/mol. The van der Waals surface area contributed by atoms with E-state index < -0.39 is 28.4 Å². The summed E-state index contributed by atoms with van der Waals surface area (Å²) in [5.74, 6) is -1.12. The van der Waals surface area contributed by atoms with Crippen molar-refractivity contribution in [3.63, 3.8) is 0 Å². The molecule has 1 amide bonds. The highest BCUT2D eigenvalue weighted by atomic mass is 35.5. The lowest BCUT2D eigenvalue weighted by molar-refractivity contribution is -0.116. The molecule has 2 aromatic rings. The van der Waals surface area contributed by atoms with Gasteiger partial charge in [-0.2, -0.15) is 4.31 Å². The molecule has 0 atom stereocenters. The molecule has 0 bridgehead atoms. The third kappa shape index (κ3) is 5.72. The largest absolute Gasteiger partial charge is 0.465 e. The number of hydrogen-bond acceptors (Lipinski definition) is 5. The van der Waals surface area contributed by atoms with Crippen LogP contribution >= 0.6 is 23.2 Å². The number of hydrogen-bond donors (Lipinski definition) is 1. The first-order chi connectivity index (χ1) is 14.1. The summed E-state index contributed by atoms with van der Waals surface area (Å²) >= 11 is 12.0. The Morgan fingerprint density at radius 2 is 1.83 bits per heavy atom. The van der Waals surface area contributed by atoms with Crippen LogP contribution in [0.5, 0.6) is 0 Å². The minimum absolute atomic E-state index is 0.0113. The highest BCUT2D eigenvalue weighted by Gasteiger charge is 2.28. The van der Waals surface area contributed by atoms with E-state index in [1.165, 1.54) is 37.4 Å². The van der Waals surface area contributed by atoms with E-state index in [4.69, 9.17) is 23.2 Å². The molecular weight excluding hydrogens is 451 g/mol. The Balaban J connectivity index is 2.28. The minimum Gasteiger partial charge on any atom is -0.465 e. The van der Waals surface area contributed by atoms with Crippen LogP contribution in [0.15, 0.2) is 41.3 Å². The summed E-state index contributed by atoms with van der Waals surface area (Å²) in [6.45, 7) is 3.12. The fourth-order valence-corrected chi connectivity index (χ4v) is 4.83. The van der Waals surface area contributed by atoms with E-state index in [0.717, 1.165) is 4.31 Å². The second-order valence-corrected chi connectivity index (χ2v) is 9.23. The van der Waals surface area contributed by atoms with Gasteiger partial charge in [0.1, 0.15) is 0 Å². The topological polar surface area (TPSA) is 92.8 Å². The van der Waals surface area contributed by atoms with Crippen LogP contribution in [-0.2, 0) is 19.6 Å². The average molecular weight is 473 g/mol. The zero-order chi connectivity index (χ0) is 22.5. The SMILES string of the molecule is CCCN(CC(=O)Nc1cc(Cl)ccc1Cl)S(=O)(=O)c1ccc(C(=O)OC)cc1C. The van der Waals surface area contributed by atoms with Crippen LogP contribution in [0.4, 0.5) is 5.69 Å². The van der Waals surface area contributed by atoms with Crippen molar-refractivity contribution in [1.82, 2.24) is 4.31 Å². The fourth-order valence-electron chi connectivity index (χ4n) is 2.80. The Hall–Kier alpha value is -2.13. The molecule has 0 heterocycles. The molecule has 0 saturated carbocycles. The van der Waals surface area contributed by atoms with E-state index in [0.29, 0.717) is 22.7 Å². The fraction of sp³-hybridized carbons (Fsp3) is 0.300. The molecule has 0 aliphatic rings. The highest BCUT2D eigenvalue weighted by molar-refractivity contribution is 7.89. The monoisotopic (exact) mass is 472 g/mol. The summed E-state index contributed by atoms with van der Waals surface area (Å²) in [6, 6.07) is 8.75. The lowest BCUT2D eigenvalue weighted by Crippen LogP contribution is -2.38. The Morgan fingerprint density at radius 1 is 1.13 bits per heavy atom. The molecule has 162 valence electrons. The number of methoxy groups -OCH3 is 1. The van der Waals surface area contributed by atoms with E-state index in [2.05, 4.69) is 10.1 Å². The number of anilines is 1. The van der Waals surface area contributed by atoms with E-state index in [1.807, 2.05) is 6.92 Å². The number of halogens is 2. The van der Waals surface area contributed by atoms with Crippen molar-refractivity contribution in [3.8, 4) is 0 Å². The number of carbonyl (C=O) groups is 2. The molecule has 30 heavy (non-hydrogen) atoms. The number of ether oxygens (including phenoxy) is 1. The van der Waals surface area contributed by atoms with Crippen LogP contribution in [-0.4, -0.2) is 44.8 Å². The summed E-state index contributed by atoms with van der Waals surface area (Å²) in [7, 11) is -2.74. The van der Waals surface area contributed by atoms with Gasteiger partial charge >= 0.3 is 5.97 Å². The number of carbonyl (C=O) groups excluding carboxylic acids is 2. The van der Waals surface area contributed by atoms with Gasteiger partial charge in [0.2, 0.25) is 15.9 Å². The second-order valence-electron chi connectivity index (χ2n) is 6.48. The summed E-state index contributed by atoms with van der Waals surface area (Å²) in [5.41, 5.74) is 0.906. The summed E-state index contributed by atoms with van der Waals surface area (Å²) in [6.07, 6.45) is 0.504. The maximum Gasteiger partial charge on any atom is 0.337 e.